The van der Waals surface area contributed by atoms with E-state index in [1.807, 2.05) is 76.3 Å². The van der Waals surface area contributed by atoms with Crippen molar-refractivity contribution >= 4 is 11.9 Å². The molecule has 0 amide bonds. The van der Waals surface area contributed by atoms with Gasteiger partial charge in [0.1, 0.15) is 0 Å². The number of hydrogen-bond donors (Lipinski definition) is 2. The van der Waals surface area contributed by atoms with Crippen molar-refractivity contribution in [2.45, 2.75) is 94.4 Å². The smallest absolute Gasteiger partial charge is 0.310 e. The first-order chi connectivity index (χ1) is 18.9. The fourth-order valence-electron chi connectivity index (χ4n) is 2.66. The highest BCUT2D eigenvalue weighted by Gasteiger charge is 2.14. The quantitative estimate of drug-likeness (QED) is 0.249. The molecular weight excluding hydrogens is 496 g/mol. The summed E-state index contributed by atoms with van der Waals surface area (Å²) in [7, 11) is 0. The summed E-state index contributed by atoms with van der Waals surface area (Å²) < 4.78 is 0. The molecule has 1 aliphatic carbocycles. The Morgan fingerprint density at radius 2 is 1.50 bits per heavy atom. The molecule has 1 aliphatic rings. The van der Waals surface area contributed by atoms with Crippen LogP contribution in [0.3, 0.4) is 0 Å². The lowest BCUT2D eigenvalue weighted by atomic mass is 9.95. The topological polar surface area (TPSA) is 74.6 Å². The van der Waals surface area contributed by atoms with Gasteiger partial charge in [-0.25, -0.2) is 0 Å². The van der Waals surface area contributed by atoms with Gasteiger partial charge < -0.3 is 10.2 Å². The summed E-state index contributed by atoms with van der Waals surface area (Å²) in [6, 6.07) is 7.79. The number of carboxylic acid groups (broad SMARTS) is 2. The van der Waals surface area contributed by atoms with Crippen LogP contribution in [0.4, 0.5) is 0 Å². The van der Waals surface area contributed by atoms with Gasteiger partial charge in [0, 0.05) is 0 Å². The molecule has 222 valence electrons. The van der Waals surface area contributed by atoms with E-state index in [4.69, 9.17) is 10.2 Å². The molecule has 0 heterocycles. The maximum atomic E-state index is 10.8. The number of carbonyl (C=O) groups is 2. The monoisotopic (exact) mass is 550 g/mol. The fraction of sp³-hybridized carbons (Fsp3) is 0.417. The predicted octanol–water partition coefficient (Wildman–Crippen LogP) is 10.4. The molecule has 40 heavy (non-hydrogen) atoms. The number of aliphatic carboxylic acids is 2. The zero-order valence-corrected chi connectivity index (χ0v) is 26.8. The number of rotatable bonds is 8. The molecule has 1 aromatic carbocycles. The maximum Gasteiger partial charge on any atom is 0.310 e. The van der Waals surface area contributed by atoms with E-state index < -0.39 is 17.9 Å². The zero-order valence-electron chi connectivity index (χ0n) is 26.8. The molecule has 0 fully saturated rings. The van der Waals surface area contributed by atoms with Gasteiger partial charge in [0.05, 0.1) is 11.8 Å². The first-order valence-corrected chi connectivity index (χ1v) is 14.3. The number of benzene rings is 1. The molecule has 2 N–H and O–H groups in total. The third-order valence-electron chi connectivity index (χ3n) is 5.31. The molecule has 1 aromatic rings. The first-order valence-electron chi connectivity index (χ1n) is 14.3. The molecule has 0 aromatic heterocycles. The number of hydrogen-bond acceptors (Lipinski definition) is 2. The minimum atomic E-state index is -0.772. The Kier molecular flexibility index (Phi) is 26.2. The second kappa shape index (κ2) is 25.6. The van der Waals surface area contributed by atoms with Crippen molar-refractivity contribution < 1.29 is 19.8 Å². The highest BCUT2D eigenvalue weighted by molar-refractivity contribution is 5.75. The number of carboxylic acids is 2. The van der Waals surface area contributed by atoms with E-state index in [2.05, 4.69) is 64.3 Å². The van der Waals surface area contributed by atoms with Crippen LogP contribution < -0.4 is 0 Å². The molecular formula is C36H54O4. The number of allylic oxidation sites excluding steroid dienone is 10. The average molecular weight is 551 g/mol. The third kappa shape index (κ3) is 19.4. The van der Waals surface area contributed by atoms with E-state index in [-0.39, 0.29) is 5.92 Å². The maximum absolute atomic E-state index is 10.8. The summed E-state index contributed by atoms with van der Waals surface area (Å²) in [5.41, 5.74) is 8.49. The Balaban J connectivity index is -0.000000520. The summed E-state index contributed by atoms with van der Waals surface area (Å²) in [6.07, 6.45) is 17.3. The van der Waals surface area contributed by atoms with Crippen LogP contribution in [0.5, 0.6) is 0 Å². The van der Waals surface area contributed by atoms with Crippen molar-refractivity contribution in [3.05, 3.63) is 113 Å². The molecule has 0 radical (unpaired) electrons. The summed E-state index contributed by atoms with van der Waals surface area (Å²) in [5.74, 6) is -1.73. The molecule has 2 rings (SSSR count). The van der Waals surface area contributed by atoms with Crippen LogP contribution in [0.25, 0.3) is 0 Å². The third-order valence-corrected chi connectivity index (χ3v) is 5.31. The highest BCUT2D eigenvalue weighted by Crippen LogP contribution is 2.21. The molecule has 0 spiro atoms. The minimum absolute atomic E-state index is 0.231. The molecule has 0 aliphatic heterocycles. The van der Waals surface area contributed by atoms with E-state index >= 15 is 0 Å². The second-order valence-electron chi connectivity index (χ2n) is 9.02. The highest BCUT2D eigenvalue weighted by atomic mass is 16.4. The molecule has 0 saturated heterocycles. The van der Waals surface area contributed by atoms with Crippen LogP contribution in [-0.4, -0.2) is 22.2 Å². The van der Waals surface area contributed by atoms with Gasteiger partial charge >= 0.3 is 11.9 Å². The van der Waals surface area contributed by atoms with Crippen LogP contribution in [0.2, 0.25) is 0 Å². The molecule has 1 unspecified atom stereocenters. The van der Waals surface area contributed by atoms with Crippen molar-refractivity contribution in [2.24, 2.45) is 5.92 Å². The van der Waals surface area contributed by atoms with Gasteiger partial charge in [0.25, 0.3) is 0 Å². The Labute approximate surface area is 244 Å². The molecule has 0 bridgehead atoms. The SMILES string of the molecule is C=C(C1=CC=C=CC=C1)/C(C)=C/C=C\CC.CC.CC.CC(C)C(=O)O.CC(C)c1cccc(C(C)C(=O)O)c1. The van der Waals surface area contributed by atoms with Crippen LogP contribution in [0.1, 0.15) is 106 Å². The van der Waals surface area contributed by atoms with E-state index in [0.717, 1.165) is 23.1 Å². The standard InChI is InChI=1S/C16H18.C12H16O2.C4H8O2.2C2H6/c1-4-5-8-11-14(2)15(3)16-12-9-6-7-10-13-16;1-8(2)10-5-4-6-11(7-10)9(3)12(13)14;1-3(2)4(5)6;2*1-2/h5-6,8-13H,3-4H2,1-2H3;4-9H,1-3H3,(H,13,14);3H,1-2H3,(H,5,6);2*1-2H3/b8-5-,14-11+;;;;. The van der Waals surface area contributed by atoms with Crippen LogP contribution in [-0.2, 0) is 9.59 Å². The summed E-state index contributed by atoms with van der Waals surface area (Å²) in [4.78, 5) is 20.5. The van der Waals surface area contributed by atoms with Crippen molar-refractivity contribution in [3.8, 4) is 0 Å². The Morgan fingerprint density at radius 3 is 1.98 bits per heavy atom. The van der Waals surface area contributed by atoms with Crippen LogP contribution in [0, 0.1) is 5.92 Å². The summed E-state index contributed by atoms with van der Waals surface area (Å²) in [5, 5.41) is 16.9. The lowest BCUT2D eigenvalue weighted by Crippen LogP contribution is -2.07. The van der Waals surface area contributed by atoms with Crippen LogP contribution >= 0.6 is 0 Å². The normalized spacial score (nSPS) is 12.3. The van der Waals surface area contributed by atoms with Gasteiger partial charge in [-0.3, -0.25) is 9.59 Å². The summed E-state index contributed by atoms with van der Waals surface area (Å²) in [6.45, 7) is 25.5. The Morgan fingerprint density at radius 1 is 0.950 bits per heavy atom. The van der Waals surface area contributed by atoms with Crippen molar-refractivity contribution in [2.75, 3.05) is 0 Å². The van der Waals surface area contributed by atoms with Crippen LogP contribution in [0.15, 0.2) is 102 Å². The minimum Gasteiger partial charge on any atom is -0.481 e. The van der Waals surface area contributed by atoms with Crippen molar-refractivity contribution in [1.82, 2.24) is 0 Å². The first kappa shape index (κ1) is 40.9. The van der Waals surface area contributed by atoms with E-state index in [1.165, 1.54) is 11.1 Å². The summed E-state index contributed by atoms with van der Waals surface area (Å²) >= 11 is 0. The fourth-order valence-corrected chi connectivity index (χ4v) is 2.66. The van der Waals surface area contributed by atoms with Gasteiger partial charge in [-0.2, -0.15) is 0 Å². The predicted molar refractivity (Wildman–Crippen MR) is 174 cm³/mol. The Bertz CT molecular complexity index is 1060. The Hall–Kier alpha value is -3.62. The average Bonchev–Trinajstić information content (AvgIpc) is 3.25. The van der Waals surface area contributed by atoms with Crippen molar-refractivity contribution in [3.63, 3.8) is 0 Å². The zero-order chi connectivity index (χ0) is 31.7. The van der Waals surface area contributed by atoms with Gasteiger partial charge in [-0.15, -0.1) is 5.73 Å². The van der Waals surface area contributed by atoms with E-state index in [1.54, 1.807) is 20.8 Å². The molecule has 0 saturated carbocycles. The molecule has 1 atom stereocenters. The van der Waals surface area contributed by atoms with Gasteiger partial charge in [0.15, 0.2) is 0 Å². The van der Waals surface area contributed by atoms with Gasteiger partial charge in [-0.1, -0.05) is 124 Å². The lowest BCUT2D eigenvalue weighted by molar-refractivity contribution is -0.140. The lowest BCUT2D eigenvalue weighted by Gasteiger charge is -2.10. The second-order valence-corrected chi connectivity index (χ2v) is 9.02. The van der Waals surface area contributed by atoms with Gasteiger partial charge in [-0.05, 0) is 72.3 Å². The van der Waals surface area contributed by atoms with Gasteiger partial charge in [0.2, 0.25) is 0 Å². The molecule has 4 nitrogen and oxygen atoms in total. The molecule has 4 heteroatoms. The van der Waals surface area contributed by atoms with E-state index in [9.17, 15) is 9.59 Å². The van der Waals surface area contributed by atoms with E-state index in [0.29, 0.717) is 5.92 Å². The van der Waals surface area contributed by atoms with Crippen molar-refractivity contribution in [1.29, 1.82) is 0 Å². The largest absolute Gasteiger partial charge is 0.481 e.